The highest BCUT2D eigenvalue weighted by Gasteiger charge is 2.21. The summed E-state index contributed by atoms with van der Waals surface area (Å²) in [6.07, 6.45) is 3.64. The zero-order valence-corrected chi connectivity index (χ0v) is 17.1. The summed E-state index contributed by atoms with van der Waals surface area (Å²) in [5.41, 5.74) is 3.21. The molecule has 154 valence electrons. The molecule has 1 atom stereocenters. The van der Waals surface area contributed by atoms with E-state index in [-0.39, 0.29) is 18.1 Å². The van der Waals surface area contributed by atoms with Crippen molar-refractivity contribution >= 4 is 23.3 Å². The van der Waals surface area contributed by atoms with Crippen molar-refractivity contribution in [1.82, 2.24) is 0 Å². The number of carboxylic acids is 1. The lowest BCUT2D eigenvalue weighted by Crippen LogP contribution is -2.17. The van der Waals surface area contributed by atoms with Gasteiger partial charge in [0.25, 0.3) is 0 Å². The lowest BCUT2D eigenvalue weighted by Gasteiger charge is -2.11. The van der Waals surface area contributed by atoms with E-state index in [4.69, 9.17) is 0 Å². The molecule has 2 aromatic rings. The minimum atomic E-state index is -0.918. The third-order valence-electron chi connectivity index (χ3n) is 4.88. The van der Waals surface area contributed by atoms with Crippen molar-refractivity contribution in [3.8, 4) is 11.1 Å². The molecule has 1 unspecified atom stereocenters. The molecule has 0 aliphatic heterocycles. The molecule has 2 aromatic carbocycles. The Morgan fingerprint density at radius 3 is 2.00 bits per heavy atom. The number of anilines is 1. The first-order valence-electron chi connectivity index (χ1n) is 10.2. The predicted octanol–water partition coefficient (Wildman–Crippen LogP) is 5.56. The summed E-state index contributed by atoms with van der Waals surface area (Å²) in [5, 5.41) is 12.1. The molecule has 2 rings (SSSR count). The number of aliphatic carboxylic acids is 1. The smallest absolute Gasteiger partial charge is 0.306 e. The van der Waals surface area contributed by atoms with Gasteiger partial charge < -0.3 is 10.4 Å². The standard InChI is InChI=1S/C24H29NO4/c1-3-5-7-23(27)25-21-14-12-18(13-15-21)17-8-10-19(11-9-17)22(26)16-20(6-4-2)24(28)29/h8-15,20H,3-7,16H2,1-2H3,(H,25,27)(H,28,29). The number of carboxylic acid groups (broad SMARTS) is 1. The molecule has 29 heavy (non-hydrogen) atoms. The third kappa shape index (κ3) is 6.86. The van der Waals surface area contributed by atoms with Gasteiger partial charge in [0.1, 0.15) is 0 Å². The Morgan fingerprint density at radius 1 is 0.897 bits per heavy atom. The normalized spacial score (nSPS) is 11.7. The molecule has 2 N–H and O–H groups in total. The molecule has 0 aliphatic rings. The van der Waals surface area contributed by atoms with Gasteiger partial charge in [-0.15, -0.1) is 0 Å². The van der Waals surface area contributed by atoms with Crippen LogP contribution in [0.15, 0.2) is 48.5 Å². The van der Waals surface area contributed by atoms with Crippen LogP contribution in [-0.2, 0) is 9.59 Å². The van der Waals surface area contributed by atoms with Crippen LogP contribution in [0.4, 0.5) is 5.69 Å². The van der Waals surface area contributed by atoms with E-state index >= 15 is 0 Å². The van der Waals surface area contributed by atoms with Gasteiger partial charge in [-0.2, -0.15) is 0 Å². The largest absolute Gasteiger partial charge is 0.481 e. The molecule has 0 fully saturated rings. The fraction of sp³-hybridized carbons (Fsp3) is 0.375. The van der Waals surface area contributed by atoms with Gasteiger partial charge in [-0.25, -0.2) is 0 Å². The van der Waals surface area contributed by atoms with Crippen LogP contribution >= 0.6 is 0 Å². The lowest BCUT2D eigenvalue weighted by atomic mass is 9.93. The minimum absolute atomic E-state index is 0.0187. The van der Waals surface area contributed by atoms with Crippen molar-refractivity contribution in [3.05, 3.63) is 54.1 Å². The Balaban J connectivity index is 2.01. The molecular formula is C24H29NO4. The number of Topliss-reactive ketones (excluding diaryl/α,β-unsaturated/α-hetero) is 1. The maximum Gasteiger partial charge on any atom is 0.306 e. The van der Waals surface area contributed by atoms with Crippen molar-refractivity contribution in [2.75, 3.05) is 5.32 Å². The van der Waals surface area contributed by atoms with Crippen molar-refractivity contribution in [2.24, 2.45) is 5.92 Å². The minimum Gasteiger partial charge on any atom is -0.481 e. The van der Waals surface area contributed by atoms with Crippen molar-refractivity contribution < 1.29 is 19.5 Å². The highest BCUT2D eigenvalue weighted by Crippen LogP contribution is 2.23. The van der Waals surface area contributed by atoms with Crippen molar-refractivity contribution in [1.29, 1.82) is 0 Å². The van der Waals surface area contributed by atoms with Gasteiger partial charge >= 0.3 is 5.97 Å². The first-order chi connectivity index (χ1) is 13.9. The van der Waals surface area contributed by atoms with Crippen LogP contribution in [0.2, 0.25) is 0 Å². The maximum atomic E-state index is 12.4. The summed E-state index contributed by atoms with van der Waals surface area (Å²) < 4.78 is 0. The monoisotopic (exact) mass is 395 g/mol. The SMILES string of the molecule is CCCCC(=O)Nc1ccc(-c2ccc(C(=O)CC(CCC)C(=O)O)cc2)cc1. The van der Waals surface area contributed by atoms with Crippen LogP contribution in [0.5, 0.6) is 0 Å². The van der Waals surface area contributed by atoms with Crippen LogP contribution in [0.1, 0.15) is 62.7 Å². The molecule has 0 radical (unpaired) electrons. The number of hydrogen-bond acceptors (Lipinski definition) is 3. The number of amides is 1. The van der Waals surface area contributed by atoms with E-state index in [0.29, 0.717) is 18.4 Å². The van der Waals surface area contributed by atoms with E-state index in [1.54, 1.807) is 12.1 Å². The Bertz CT molecular complexity index is 825. The van der Waals surface area contributed by atoms with Crippen LogP contribution in [0.25, 0.3) is 11.1 Å². The summed E-state index contributed by atoms with van der Waals surface area (Å²) in [7, 11) is 0. The fourth-order valence-corrected chi connectivity index (χ4v) is 3.16. The average molecular weight is 395 g/mol. The van der Waals surface area contributed by atoms with Gasteiger partial charge in [-0.05, 0) is 36.1 Å². The number of nitrogens with one attached hydrogen (secondary N) is 1. The zero-order chi connectivity index (χ0) is 21.2. The number of hydrogen-bond donors (Lipinski definition) is 2. The van der Waals surface area contributed by atoms with Gasteiger partial charge in [-0.3, -0.25) is 14.4 Å². The van der Waals surface area contributed by atoms with Crippen molar-refractivity contribution in [3.63, 3.8) is 0 Å². The predicted molar refractivity (Wildman–Crippen MR) is 115 cm³/mol. The van der Waals surface area contributed by atoms with E-state index in [0.717, 1.165) is 36.1 Å². The zero-order valence-electron chi connectivity index (χ0n) is 17.1. The molecule has 0 saturated heterocycles. The molecule has 5 nitrogen and oxygen atoms in total. The second-order valence-corrected chi connectivity index (χ2v) is 7.26. The molecular weight excluding hydrogens is 366 g/mol. The first kappa shape index (κ1) is 22.3. The molecule has 0 saturated carbocycles. The van der Waals surface area contributed by atoms with Gasteiger partial charge in [0.15, 0.2) is 5.78 Å². The maximum absolute atomic E-state index is 12.4. The fourth-order valence-electron chi connectivity index (χ4n) is 3.16. The number of benzene rings is 2. The summed E-state index contributed by atoms with van der Waals surface area (Å²) >= 11 is 0. The topological polar surface area (TPSA) is 83.5 Å². The van der Waals surface area contributed by atoms with E-state index in [1.165, 1.54) is 0 Å². The van der Waals surface area contributed by atoms with Crippen LogP contribution < -0.4 is 5.32 Å². The Kier molecular flexibility index (Phi) is 8.59. The van der Waals surface area contributed by atoms with E-state index in [2.05, 4.69) is 12.2 Å². The summed E-state index contributed by atoms with van der Waals surface area (Å²) in [4.78, 5) is 35.5. The molecule has 5 heteroatoms. The second-order valence-electron chi connectivity index (χ2n) is 7.26. The number of carbonyl (C=O) groups excluding carboxylic acids is 2. The molecule has 0 heterocycles. The average Bonchev–Trinajstić information content (AvgIpc) is 2.72. The first-order valence-corrected chi connectivity index (χ1v) is 10.2. The molecule has 0 spiro atoms. The summed E-state index contributed by atoms with van der Waals surface area (Å²) in [6, 6.07) is 14.8. The van der Waals surface area contributed by atoms with Gasteiger partial charge in [-0.1, -0.05) is 63.1 Å². The highest BCUT2D eigenvalue weighted by molar-refractivity contribution is 5.98. The number of carbonyl (C=O) groups is 3. The van der Waals surface area contributed by atoms with E-state index in [9.17, 15) is 19.5 Å². The van der Waals surface area contributed by atoms with Crippen LogP contribution in [-0.4, -0.2) is 22.8 Å². The quantitative estimate of drug-likeness (QED) is 0.488. The molecule has 0 bridgehead atoms. The van der Waals surface area contributed by atoms with E-state index < -0.39 is 11.9 Å². The Labute approximate surface area is 172 Å². The summed E-state index contributed by atoms with van der Waals surface area (Å²) in [5.74, 6) is -1.68. The second kappa shape index (κ2) is 11.1. The van der Waals surface area contributed by atoms with Gasteiger partial charge in [0, 0.05) is 24.1 Å². The van der Waals surface area contributed by atoms with Crippen LogP contribution in [0, 0.1) is 5.92 Å². The third-order valence-corrected chi connectivity index (χ3v) is 4.88. The van der Waals surface area contributed by atoms with Crippen molar-refractivity contribution in [2.45, 2.75) is 52.4 Å². The Morgan fingerprint density at radius 2 is 1.48 bits per heavy atom. The molecule has 0 aliphatic carbocycles. The molecule has 1 amide bonds. The number of rotatable bonds is 11. The summed E-state index contributed by atoms with van der Waals surface area (Å²) in [6.45, 7) is 3.97. The number of ketones is 1. The highest BCUT2D eigenvalue weighted by atomic mass is 16.4. The van der Waals surface area contributed by atoms with E-state index in [1.807, 2.05) is 43.3 Å². The molecule has 0 aromatic heterocycles. The Hall–Kier alpha value is -2.95. The van der Waals surface area contributed by atoms with Gasteiger partial charge in [0.05, 0.1) is 5.92 Å². The van der Waals surface area contributed by atoms with Gasteiger partial charge in [0.2, 0.25) is 5.91 Å². The number of unbranched alkanes of at least 4 members (excludes halogenated alkanes) is 1. The van der Waals surface area contributed by atoms with Crippen LogP contribution in [0.3, 0.4) is 0 Å². The lowest BCUT2D eigenvalue weighted by molar-refractivity contribution is -0.141.